The first-order valence-electron chi connectivity index (χ1n) is 5.92. The molecule has 0 saturated carbocycles. The van der Waals surface area contributed by atoms with Gasteiger partial charge in [0.05, 0.1) is 24.9 Å². The second-order valence-electron chi connectivity index (χ2n) is 4.68. The molecule has 1 saturated heterocycles. The average molecular weight is 270 g/mol. The number of hydrogen-bond donors (Lipinski definition) is 0. The molecule has 2 heterocycles. The van der Waals surface area contributed by atoms with Gasteiger partial charge in [-0.25, -0.2) is 0 Å². The van der Waals surface area contributed by atoms with Gasteiger partial charge in [0.2, 0.25) is 0 Å². The number of aromatic nitrogens is 2. The molecule has 0 spiro atoms. The summed E-state index contributed by atoms with van der Waals surface area (Å²) < 4.78 is 9.29. The Kier molecular flexibility index (Phi) is 4.26. The van der Waals surface area contributed by atoms with Crippen LogP contribution in [0.1, 0.15) is 15.4 Å². The van der Waals surface area contributed by atoms with Crippen LogP contribution in [0.5, 0.6) is 0 Å². The number of amides is 1. The lowest BCUT2D eigenvalue weighted by Crippen LogP contribution is -2.52. The highest BCUT2D eigenvalue weighted by Gasteiger charge is 2.30. The van der Waals surface area contributed by atoms with E-state index in [1.165, 1.54) is 11.5 Å². The minimum Gasteiger partial charge on any atom is -0.377 e. The highest BCUT2D eigenvalue weighted by atomic mass is 32.1. The van der Waals surface area contributed by atoms with E-state index in [2.05, 4.69) is 14.5 Å². The minimum atomic E-state index is 0.0256. The summed E-state index contributed by atoms with van der Waals surface area (Å²) in [7, 11) is 3.99. The molecule has 1 aromatic heterocycles. The molecule has 1 atom stereocenters. The molecule has 0 radical (unpaired) electrons. The van der Waals surface area contributed by atoms with Crippen molar-refractivity contribution in [3.8, 4) is 0 Å². The van der Waals surface area contributed by atoms with E-state index < -0.39 is 0 Å². The summed E-state index contributed by atoms with van der Waals surface area (Å²) in [6, 6.07) is 0.0998. The van der Waals surface area contributed by atoms with Gasteiger partial charge in [0.1, 0.15) is 4.88 Å². The van der Waals surface area contributed by atoms with Crippen molar-refractivity contribution in [2.24, 2.45) is 0 Å². The number of rotatable bonds is 3. The molecule has 2 rings (SSSR count). The maximum absolute atomic E-state index is 12.5. The van der Waals surface area contributed by atoms with E-state index in [1.807, 2.05) is 25.9 Å². The standard InChI is InChI=1S/C11H18N4O2S/c1-8-10(18-13-12-8)11(16)15-4-5-17-7-9(15)6-14(2)3/h9H,4-7H2,1-3H3. The first-order chi connectivity index (χ1) is 8.59. The Balaban J connectivity index is 2.13. The van der Waals surface area contributed by atoms with E-state index in [4.69, 9.17) is 4.74 Å². The molecule has 100 valence electrons. The topological polar surface area (TPSA) is 58.6 Å². The molecule has 1 aliphatic heterocycles. The van der Waals surface area contributed by atoms with E-state index in [-0.39, 0.29) is 11.9 Å². The van der Waals surface area contributed by atoms with Crippen molar-refractivity contribution in [3.63, 3.8) is 0 Å². The fraction of sp³-hybridized carbons (Fsp3) is 0.727. The fourth-order valence-corrected chi connectivity index (χ4v) is 2.67. The molecular formula is C11H18N4O2S. The molecule has 1 aliphatic rings. The molecule has 0 N–H and O–H groups in total. The van der Waals surface area contributed by atoms with Crippen LogP contribution in [0.25, 0.3) is 0 Å². The highest BCUT2D eigenvalue weighted by molar-refractivity contribution is 7.07. The van der Waals surface area contributed by atoms with Gasteiger partial charge >= 0.3 is 0 Å². The smallest absolute Gasteiger partial charge is 0.267 e. The molecule has 1 aromatic rings. The van der Waals surface area contributed by atoms with Gasteiger partial charge in [-0.15, -0.1) is 5.10 Å². The predicted molar refractivity (Wildman–Crippen MR) is 68.8 cm³/mol. The van der Waals surface area contributed by atoms with Gasteiger partial charge in [-0.1, -0.05) is 4.49 Å². The van der Waals surface area contributed by atoms with Crippen molar-refractivity contribution in [2.75, 3.05) is 40.4 Å². The minimum absolute atomic E-state index is 0.0256. The lowest BCUT2D eigenvalue weighted by Gasteiger charge is -2.36. The molecule has 6 nitrogen and oxygen atoms in total. The van der Waals surface area contributed by atoms with Crippen molar-refractivity contribution in [3.05, 3.63) is 10.6 Å². The average Bonchev–Trinajstić information content (AvgIpc) is 2.74. The third-order valence-electron chi connectivity index (χ3n) is 2.91. The largest absolute Gasteiger partial charge is 0.377 e. The summed E-state index contributed by atoms with van der Waals surface area (Å²) in [6.07, 6.45) is 0. The molecule has 18 heavy (non-hydrogen) atoms. The van der Waals surface area contributed by atoms with Crippen LogP contribution in [0.15, 0.2) is 0 Å². The summed E-state index contributed by atoms with van der Waals surface area (Å²) >= 11 is 1.17. The van der Waals surface area contributed by atoms with Crippen LogP contribution in [0.2, 0.25) is 0 Å². The van der Waals surface area contributed by atoms with Crippen molar-refractivity contribution in [1.82, 2.24) is 19.4 Å². The molecular weight excluding hydrogens is 252 g/mol. The number of aryl methyl sites for hydroxylation is 1. The number of likely N-dealkylation sites (N-methyl/N-ethyl adjacent to an activating group) is 1. The first-order valence-corrected chi connectivity index (χ1v) is 6.69. The number of carbonyl (C=O) groups excluding carboxylic acids is 1. The van der Waals surface area contributed by atoms with Crippen LogP contribution in [-0.2, 0) is 4.74 Å². The Hall–Kier alpha value is -1.05. The van der Waals surface area contributed by atoms with Gasteiger partial charge in [-0.05, 0) is 32.6 Å². The van der Waals surface area contributed by atoms with Crippen LogP contribution in [0.3, 0.4) is 0 Å². The van der Waals surface area contributed by atoms with Crippen molar-refractivity contribution in [1.29, 1.82) is 0 Å². The normalized spacial score (nSPS) is 20.4. The van der Waals surface area contributed by atoms with Crippen LogP contribution >= 0.6 is 11.5 Å². The van der Waals surface area contributed by atoms with E-state index >= 15 is 0 Å². The van der Waals surface area contributed by atoms with Gasteiger partial charge in [0.25, 0.3) is 5.91 Å². The van der Waals surface area contributed by atoms with Crippen molar-refractivity contribution < 1.29 is 9.53 Å². The zero-order chi connectivity index (χ0) is 13.1. The zero-order valence-corrected chi connectivity index (χ0v) is 11.7. The number of morpholine rings is 1. The van der Waals surface area contributed by atoms with Crippen LogP contribution in [0.4, 0.5) is 0 Å². The Bertz CT molecular complexity index is 421. The second-order valence-corrected chi connectivity index (χ2v) is 5.43. The van der Waals surface area contributed by atoms with E-state index in [0.29, 0.717) is 30.3 Å². The van der Waals surface area contributed by atoms with Crippen LogP contribution in [-0.4, -0.2) is 71.7 Å². The Morgan fingerprint density at radius 3 is 3.00 bits per heavy atom. The zero-order valence-electron chi connectivity index (χ0n) is 10.9. The van der Waals surface area contributed by atoms with Gasteiger partial charge in [0, 0.05) is 13.1 Å². The molecule has 0 bridgehead atoms. The summed E-state index contributed by atoms with van der Waals surface area (Å²) in [4.78, 5) is 17.0. The van der Waals surface area contributed by atoms with Gasteiger partial charge in [0.15, 0.2) is 0 Å². The third kappa shape index (κ3) is 2.85. The number of hydrogen-bond acceptors (Lipinski definition) is 6. The lowest BCUT2D eigenvalue weighted by molar-refractivity contribution is -0.00810. The van der Waals surface area contributed by atoms with Gasteiger partial charge in [-0.2, -0.15) is 0 Å². The van der Waals surface area contributed by atoms with Gasteiger partial charge in [-0.3, -0.25) is 4.79 Å². The molecule has 1 amide bonds. The summed E-state index contributed by atoms with van der Waals surface area (Å²) in [5.41, 5.74) is 0.708. The molecule has 7 heteroatoms. The summed E-state index contributed by atoms with van der Waals surface area (Å²) in [5.74, 6) is 0.0256. The molecule has 0 aromatic carbocycles. The fourth-order valence-electron chi connectivity index (χ4n) is 2.05. The summed E-state index contributed by atoms with van der Waals surface area (Å²) in [6.45, 7) is 4.44. The Labute approximate surface area is 111 Å². The monoisotopic (exact) mass is 270 g/mol. The Morgan fingerprint density at radius 1 is 1.61 bits per heavy atom. The van der Waals surface area contributed by atoms with Crippen LogP contribution < -0.4 is 0 Å². The molecule has 0 aliphatic carbocycles. The van der Waals surface area contributed by atoms with E-state index in [0.717, 1.165) is 6.54 Å². The molecule has 1 unspecified atom stereocenters. The highest BCUT2D eigenvalue weighted by Crippen LogP contribution is 2.17. The first kappa shape index (κ1) is 13.4. The van der Waals surface area contributed by atoms with Crippen LogP contribution in [0, 0.1) is 6.92 Å². The van der Waals surface area contributed by atoms with Gasteiger partial charge < -0.3 is 14.5 Å². The SMILES string of the molecule is Cc1nnsc1C(=O)N1CCOCC1CN(C)C. The maximum atomic E-state index is 12.5. The lowest BCUT2D eigenvalue weighted by atomic mass is 10.2. The van der Waals surface area contributed by atoms with Crippen molar-refractivity contribution in [2.45, 2.75) is 13.0 Å². The van der Waals surface area contributed by atoms with E-state index in [9.17, 15) is 4.79 Å². The van der Waals surface area contributed by atoms with Crippen molar-refractivity contribution >= 4 is 17.4 Å². The number of ether oxygens (including phenoxy) is 1. The third-order valence-corrected chi connectivity index (χ3v) is 3.73. The maximum Gasteiger partial charge on any atom is 0.267 e. The number of nitrogens with zero attached hydrogens (tertiary/aromatic N) is 4. The predicted octanol–water partition coefficient (Wildman–Crippen LogP) is 0.249. The Morgan fingerprint density at radius 2 is 2.39 bits per heavy atom. The quantitative estimate of drug-likeness (QED) is 0.788. The molecule has 1 fully saturated rings. The number of carbonyl (C=O) groups is 1. The second kappa shape index (κ2) is 5.73. The van der Waals surface area contributed by atoms with E-state index in [1.54, 1.807) is 0 Å². The summed E-state index contributed by atoms with van der Waals surface area (Å²) in [5, 5.41) is 3.90.